The van der Waals surface area contributed by atoms with Gasteiger partial charge in [0.25, 0.3) is 0 Å². The van der Waals surface area contributed by atoms with E-state index in [9.17, 15) is 4.39 Å². The zero-order chi connectivity index (χ0) is 14.5. The highest BCUT2D eigenvalue weighted by Crippen LogP contribution is 2.22. The zero-order valence-electron chi connectivity index (χ0n) is 11.4. The minimum Gasteiger partial charge on any atom is -0.497 e. The van der Waals surface area contributed by atoms with Gasteiger partial charge < -0.3 is 9.64 Å². The van der Waals surface area contributed by atoms with Crippen molar-refractivity contribution in [2.75, 3.05) is 19.1 Å². The number of anilines is 1. The molecule has 0 amide bonds. The number of halogens is 2. The third kappa shape index (κ3) is 3.20. The molecule has 1 aromatic carbocycles. The molecule has 1 heterocycles. The summed E-state index contributed by atoms with van der Waals surface area (Å²) >= 11 is 5.71. The van der Waals surface area contributed by atoms with Crippen LogP contribution in [0.2, 0.25) is 0 Å². The molecule has 0 saturated carbocycles. The molecule has 0 spiro atoms. The molecule has 0 bridgehead atoms. The summed E-state index contributed by atoms with van der Waals surface area (Å²) in [6.07, 6.45) is 1.57. The first kappa shape index (κ1) is 14.6. The lowest BCUT2D eigenvalue weighted by Crippen LogP contribution is -2.19. The predicted octanol–water partition coefficient (Wildman–Crippen LogP) is 3.60. The third-order valence-electron chi connectivity index (χ3n) is 3.01. The van der Waals surface area contributed by atoms with Gasteiger partial charge in [0.1, 0.15) is 5.75 Å². The molecular weight excluding hydrogens is 279 g/mol. The van der Waals surface area contributed by atoms with Crippen molar-refractivity contribution in [1.82, 2.24) is 4.98 Å². The Kier molecular flexibility index (Phi) is 4.79. The maximum absolute atomic E-state index is 14.2. The molecule has 0 radical (unpaired) electrons. The number of ether oxygens (including phenoxy) is 1. The lowest BCUT2D eigenvalue weighted by molar-refractivity contribution is 0.414. The Hall–Kier alpha value is -1.81. The lowest BCUT2D eigenvalue weighted by atomic mass is 10.2. The second-order valence-electron chi connectivity index (χ2n) is 4.45. The van der Waals surface area contributed by atoms with Crippen molar-refractivity contribution in [3.63, 3.8) is 0 Å². The number of hydrogen-bond donors (Lipinski definition) is 0. The average Bonchev–Trinajstić information content (AvgIpc) is 2.47. The molecule has 2 aromatic rings. The molecule has 5 heteroatoms. The van der Waals surface area contributed by atoms with Crippen molar-refractivity contribution in [3.05, 3.63) is 53.5 Å². The largest absolute Gasteiger partial charge is 0.497 e. The fraction of sp³-hybridized carbons (Fsp3) is 0.267. The number of methoxy groups -OCH3 is 1. The van der Waals surface area contributed by atoms with Crippen molar-refractivity contribution >= 4 is 17.4 Å². The van der Waals surface area contributed by atoms with E-state index >= 15 is 0 Å². The molecular formula is C15H16ClFN2O. The Balaban J connectivity index is 2.21. The van der Waals surface area contributed by atoms with Gasteiger partial charge in [0, 0.05) is 25.4 Å². The van der Waals surface area contributed by atoms with Crippen LogP contribution in [0.3, 0.4) is 0 Å². The molecule has 0 atom stereocenters. The van der Waals surface area contributed by atoms with Gasteiger partial charge in [-0.2, -0.15) is 0 Å². The van der Waals surface area contributed by atoms with Gasteiger partial charge in [0.05, 0.1) is 13.0 Å². The highest BCUT2D eigenvalue weighted by atomic mass is 35.5. The molecule has 106 valence electrons. The Morgan fingerprint density at radius 2 is 2.15 bits per heavy atom. The monoisotopic (exact) mass is 294 g/mol. The Morgan fingerprint density at radius 1 is 1.35 bits per heavy atom. The molecule has 20 heavy (non-hydrogen) atoms. The third-order valence-corrected chi connectivity index (χ3v) is 3.30. The first-order chi connectivity index (χ1) is 9.65. The van der Waals surface area contributed by atoms with E-state index in [1.807, 2.05) is 24.3 Å². The molecule has 0 unspecified atom stereocenters. The number of rotatable bonds is 5. The van der Waals surface area contributed by atoms with Gasteiger partial charge in [0.15, 0.2) is 11.6 Å². The molecule has 0 N–H and O–H groups in total. The van der Waals surface area contributed by atoms with Gasteiger partial charge in [-0.3, -0.25) is 0 Å². The van der Waals surface area contributed by atoms with Crippen LogP contribution in [0.25, 0.3) is 0 Å². The SMILES string of the molecule is COc1cccc(CN(C)c2nccc(CCl)c2F)c1. The molecule has 0 fully saturated rings. The van der Waals surface area contributed by atoms with Crippen LogP contribution in [0.15, 0.2) is 36.5 Å². The number of pyridine rings is 1. The fourth-order valence-electron chi connectivity index (χ4n) is 1.96. The molecule has 0 aliphatic heterocycles. The summed E-state index contributed by atoms with van der Waals surface area (Å²) in [5, 5.41) is 0. The molecule has 0 aliphatic rings. The smallest absolute Gasteiger partial charge is 0.170 e. The van der Waals surface area contributed by atoms with E-state index in [4.69, 9.17) is 16.3 Å². The lowest BCUT2D eigenvalue weighted by Gasteiger charge is -2.20. The number of aromatic nitrogens is 1. The minimum atomic E-state index is -0.368. The summed E-state index contributed by atoms with van der Waals surface area (Å²) < 4.78 is 19.3. The van der Waals surface area contributed by atoms with Gasteiger partial charge in [-0.25, -0.2) is 9.37 Å². The first-order valence-corrected chi connectivity index (χ1v) is 6.72. The van der Waals surface area contributed by atoms with E-state index < -0.39 is 0 Å². The Bertz CT molecular complexity index is 592. The van der Waals surface area contributed by atoms with E-state index in [1.54, 1.807) is 31.3 Å². The molecule has 3 nitrogen and oxygen atoms in total. The van der Waals surface area contributed by atoms with Crippen LogP contribution in [0.1, 0.15) is 11.1 Å². The highest BCUT2D eigenvalue weighted by Gasteiger charge is 2.13. The van der Waals surface area contributed by atoms with Crippen LogP contribution in [0.5, 0.6) is 5.75 Å². The number of hydrogen-bond acceptors (Lipinski definition) is 3. The quantitative estimate of drug-likeness (QED) is 0.788. The van der Waals surface area contributed by atoms with Crippen LogP contribution < -0.4 is 9.64 Å². The summed E-state index contributed by atoms with van der Waals surface area (Å²) in [7, 11) is 3.41. The number of nitrogens with zero attached hydrogens (tertiary/aromatic N) is 2. The van der Waals surface area contributed by atoms with Crippen LogP contribution >= 0.6 is 11.6 Å². The van der Waals surface area contributed by atoms with E-state index in [0.29, 0.717) is 17.9 Å². The van der Waals surface area contributed by atoms with Gasteiger partial charge in [-0.1, -0.05) is 12.1 Å². The zero-order valence-corrected chi connectivity index (χ0v) is 12.2. The average molecular weight is 295 g/mol. The molecule has 0 saturated heterocycles. The van der Waals surface area contributed by atoms with Crippen molar-refractivity contribution in [2.24, 2.45) is 0 Å². The van der Waals surface area contributed by atoms with Crippen molar-refractivity contribution in [3.8, 4) is 5.75 Å². The van der Waals surface area contributed by atoms with E-state index in [1.165, 1.54) is 0 Å². The standard InChI is InChI=1S/C15H16ClFN2O/c1-19(10-11-4-3-5-13(8-11)20-2)15-14(17)12(9-16)6-7-18-15/h3-8H,9-10H2,1-2H3. The summed E-state index contributed by atoms with van der Waals surface area (Å²) in [5.74, 6) is 0.839. The minimum absolute atomic E-state index is 0.133. The normalized spacial score (nSPS) is 10.4. The van der Waals surface area contributed by atoms with Crippen LogP contribution in [-0.4, -0.2) is 19.1 Å². The second kappa shape index (κ2) is 6.57. The van der Waals surface area contributed by atoms with E-state index in [-0.39, 0.29) is 11.7 Å². The molecule has 2 rings (SSSR count). The predicted molar refractivity (Wildman–Crippen MR) is 78.9 cm³/mol. The second-order valence-corrected chi connectivity index (χ2v) is 4.72. The van der Waals surface area contributed by atoms with Gasteiger partial charge >= 0.3 is 0 Å². The van der Waals surface area contributed by atoms with Gasteiger partial charge in [-0.05, 0) is 23.8 Å². The topological polar surface area (TPSA) is 25.4 Å². The van der Waals surface area contributed by atoms with E-state index in [0.717, 1.165) is 11.3 Å². The van der Waals surface area contributed by atoms with Crippen molar-refractivity contribution in [2.45, 2.75) is 12.4 Å². The van der Waals surface area contributed by atoms with Crippen LogP contribution in [0.4, 0.5) is 10.2 Å². The summed E-state index contributed by atoms with van der Waals surface area (Å²) in [6.45, 7) is 0.535. The summed E-state index contributed by atoms with van der Waals surface area (Å²) in [4.78, 5) is 5.84. The Morgan fingerprint density at radius 3 is 2.85 bits per heavy atom. The van der Waals surface area contributed by atoms with Gasteiger partial charge in [-0.15, -0.1) is 11.6 Å². The van der Waals surface area contributed by atoms with Crippen molar-refractivity contribution in [1.29, 1.82) is 0 Å². The summed E-state index contributed by atoms with van der Waals surface area (Å²) in [5.41, 5.74) is 1.47. The highest BCUT2D eigenvalue weighted by molar-refractivity contribution is 6.17. The Labute approximate surface area is 123 Å². The molecule has 0 aliphatic carbocycles. The molecule has 1 aromatic heterocycles. The van der Waals surface area contributed by atoms with Gasteiger partial charge in [0.2, 0.25) is 0 Å². The van der Waals surface area contributed by atoms with Crippen molar-refractivity contribution < 1.29 is 9.13 Å². The van der Waals surface area contributed by atoms with E-state index in [2.05, 4.69) is 4.98 Å². The number of alkyl halides is 1. The van der Waals surface area contributed by atoms with Crippen LogP contribution in [0, 0.1) is 5.82 Å². The fourth-order valence-corrected chi connectivity index (χ4v) is 2.17. The maximum Gasteiger partial charge on any atom is 0.170 e. The number of benzene rings is 1. The maximum atomic E-state index is 14.2. The first-order valence-electron chi connectivity index (χ1n) is 6.19. The van der Waals surface area contributed by atoms with Crippen LogP contribution in [-0.2, 0) is 12.4 Å². The summed E-state index contributed by atoms with van der Waals surface area (Å²) in [6, 6.07) is 9.24.